The third kappa shape index (κ3) is 4.91. The maximum atomic E-state index is 12.1. The van der Waals surface area contributed by atoms with Crippen molar-refractivity contribution in [3.8, 4) is 0 Å². The van der Waals surface area contributed by atoms with Crippen molar-refractivity contribution in [1.82, 2.24) is 0 Å². The number of ether oxygens (including phenoxy) is 1. The fourth-order valence-electron chi connectivity index (χ4n) is 1.84. The zero-order valence-corrected chi connectivity index (χ0v) is 13.7. The van der Waals surface area contributed by atoms with Crippen LogP contribution in [0.1, 0.15) is 18.1 Å². The molecule has 0 aliphatic heterocycles. The van der Waals surface area contributed by atoms with Crippen LogP contribution in [0, 0.1) is 6.92 Å². The molecule has 1 unspecified atom stereocenters. The van der Waals surface area contributed by atoms with Crippen LogP contribution in [0.3, 0.4) is 0 Å². The maximum Gasteiger partial charge on any atom is 0.336 e. The zero-order chi connectivity index (χ0) is 16.9. The summed E-state index contributed by atoms with van der Waals surface area (Å²) in [5.74, 6) is -0.732. The Morgan fingerprint density at radius 1 is 1.04 bits per heavy atom. The van der Waals surface area contributed by atoms with Crippen molar-refractivity contribution in [2.24, 2.45) is 0 Å². The van der Waals surface area contributed by atoms with Gasteiger partial charge < -0.3 is 4.74 Å². The van der Waals surface area contributed by atoms with Crippen LogP contribution < -0.4 is 0 Å². The molecule has 122 valence electrons. The van der Waals surface area contributed by atoms with Crippen LogP contribution in [-0.4, -0.2) is 20.5 Å². The number of hydrogen-bond acceptors (Lipinski definition) is 5. The lowest BCUT2D eigenvalue weighted by Gasteiger charge is -2.13. The summed E-state index contributed by atoms with van der Waals surface area (Å²) in [5, 5.41) is 0. The van der Waals surface area contributed by atoms with Gasteiger partial charge in [-0.05, 0) is 31.5 Å². The molecule has 0 radical (unpaired) electrons. The third-order valence-corrected chi connectivity index (χ3v) is 4.53. The van der Waals surface area contributed by atoms with E-state index < -0.39 is 22.2 Å². The number of hydrogen-bond donors (Lipinski definition) is 0. The predicted octanol–water partition coefficient (Wildman–Crippen LogP) is 2.83. The third-order valence-electron chi connectivity index (χ3n) is 3.14. The summed E-state index contributed by atoms with van der Waals surface area (Å²) in [5.41, 5.74) is 1.74. The van der Waals surface area contributed by atoms with Gasteiger partial charge in [-0.2, -0.15) is 8.42 Å². The molecule has 0 amide bonds. The predicted molar refractivity (Wildman–Crippen MR) is 85.1 cm³/mol. The van der Waals surface area contributed by atoms with Crippen LogP contribution in [0.15, 0.2) is 59.5 Å². The second-order valence-corrected chi connectivity index (χ2v) is 6.67. The molecule has 0 spiro atoms. The molecule has 5 nitrogen and oxygen atoms in total. The Balaban J connectivity index is 1.96. The molecule has 0 saturated heterocycles. The van der Waals surface area contributed by atoms with E-state index in [9.17, 15) is 13.2 Å². The van der Waals surface area contributed by atoms with Crippen molar-refractivity contribution in [1.29, 1.82) is 0 Å². The first-order valence-electron chi connectivity index (χ1n) is 7.09. The van der Waals surface area contributed by atoms with Crippen LogP contribution in [0.4, 0.5) is 0 Å². The number of carbonyl (C=O) groups excluding carboxylic acids is 1. The second kappa shape index (κ2) is 7.39. The first kappa shape index (κ1) is 17.2. The highest BCUT2D eigenvalue weighted by molar-refractivity contribution is 7.86. The van der Waals surface area contributed by atoms with Gasteiger partial charge in [0, 0.05) is 0 Å². The van der Waals surface area contributed by atoms with E-state index in [1.165, 1.54) is 19.1 Å². The number of aryl methyl sites for hydroxylation is 1. The van der Waals surface area contributed by atoms with Gasteiger partial charge >= 0.3 is 5.97 Å². The fraction of sp³-hybridized carbons (Fsp3) is 0.235. The van der Waals surface area contributed by atoms with Crippen molar-refractivity contribution in [3.05, 3.63) is 65.7 Å². The standard InChI is InChI=1S/C17H18O5S/c1-13-8-10-16(11-9-13)23(19,20)22-14(2)17(18)21-12-15-6-4-3-5-7-15/h3-11,14H,12H2,1-2H3. The molecule has 0 fully saturated rings. The topological polar surface area (TPSA) is 69.7 Å². The van der Waals surface area contributed by atoms with Gasteiger partial charge in [-0.15, -0.1) is 0 Å². The Labute approximate surface area is 136 Å². The second-order valence-electron chi connectivity index (χ2n) is 5.10. The van der Waals surface area contributed by atoms with Gasteiger partial charge in [0.15, 0.2) is 6.10 Å². The first-order valence-corrected chi connectivity index (χ1v) is 8.50. The Kier molecular flexibility index (Phi) is 5.52. The van der Waals surface area contributed by atoms with E-state index in [0.29, 0.717) is 0 Å². The molecule has 2 rings (SSSR count). The number of rotatable bonds is 6. The van der Waals surface area contributed by atoms with Gasteiger partial charge in [0.25, 0.3) is 10.1 Å². The highest BCUT2D eigenvalue weighted by Gasteiger charge is 2.24. The minimum Gasteiger partial charge on any atom is -0.459 e. The van der Waals surface area contributed by atoms with Gasteiger partial charge in [-0.1, -0.05) is 48.0 Å². The summed E-state index contributed by atoms with van der Waals surface area (Å²) in [6.07, 6.45) is -1.22. The lowest BCUT2D eigenvalue weighted by Crippen LogP contribution is -2.26. The molecule has 0 N–H and O–H groups in total. The normalized spacial score (nSPS) is 12.6. The van der Waals surface area contributed by atoms with E-state index in [-0.39, 0.29) is 11.5 Å². The molecule has 0 heterocycles. The highest BCUT2D eigenvalue weighted by Crippen LogP contribution is 2.16. The molecule has 1 atom stereocenters. The SMILES string of the molecule is Cc1ccc(S(=O)(=O)OC(C)C(=O)OCc2ccccc2)cc1. The fourth-order valence-corrected chi connectivity index (χ4v) is 2.87. The van der Waals surface area contributed by atoms with Crippen molar-refractivity contribution in [3.63, 3.8) is 0 Å². The van der Waals surface area contributed by atoms with Gasteiger partial charge in [0.1, 0.15) is 6.61 Å². The lowest BCUT2D eigenvalue weighted by atomic mass is 10.2. The Hall–Kier alpha value is -2.18. The van der Waals surface area contributed by atoms with Crippen LogP contribution in [0.25, 0.3) is 0 Å². The molecule has 2 aromatic rings. The summed E-state index contributed by atoms with van der Waals surface area (Å²) < 4.78 is 34.2. The molecule has 0 aliphatic carbocycles. The molecule has 6 heteroatoms. The summed E-state index contributed by atoms with van der Waals surface area (Å²) in [6.45, 7) is 3.26. The molecule has 0 aliphatic rings. The first-order chi connectivity index (χ1) is 10.9. The maximum absolute atomic E-state index is 12.1. The average molecular weight is 334 g/mol. The minimum absolute atomic E-state index is 0.00538. The van der Waals surface area contributed by atoms with Gasteiger partial charge in [-0.3, -0.25) is 4.18 Å². The lowest BCUT2D eigenvalue weighted by molar-refractivity contribution is -0.152. The molecule has 0 bridgehead atoms. The largest absolute Gasteiger partial charge is 0.459 e. The average Bonchev–Trinajstić information content (AvgIpc) is 2.53. The quantitative estimate of drug-likeness (QED) is 0.600. The Morgan fingerprint density at radius 2 is 1.65 bits per heavy atom. The summed E-state index contributed by atoms with van der Waals surface area (Å²) in [7, 11) is -4.01. The Bertz CT molecular complexity index is 751. The molecule has 0 saturated carbocycles. The van der Waals surface area contributed by atoms with Gasteiger partial charge in [0.05, 0.1) is 4.90 Å². The van der Waals surface area contributed by atoms with Gasteiger partial charge in [0.2, 0.25) is 0 Å². The summed E-state index contributed by atoms with van der Waals surface area (Å²) in [4.78, 5) is 11.9. The number of benzene rings is 2. The monoisotopic (exact) mass is 334 g/mol. The van der Waals surface area contributed by atoms with Crippen molar-refractivity contribution >= 4 is 16.1 Å². The van der Waals surface area contributed by atoms with E-state index in [4.69, 9.17) is 8.92 Å². The van der Waals surface area contributed by atoms with Crippen LogP contribution in [0.2, 0.25) is 0 Å². The number of carbonyl (C=O) groups is 1. The minimum atomic E-state index is -4.01. The smallest absolute Gasteiger partial charge is 0.336 e. The molecular weight excluding hydrogens is 316 g/mol. The summed E-state index contributed by atoms with van der Waals surface area (Å²) in [6, 6.07) is 15.3. The van der Waals surface area contributed by atoms with E-state index in [1.54, 1.807) is 12.1 Å². The van der Waals surface area contributed by atoms with Crippen molar-refractivity contribution in [2.75, 3.05) is 0 Å². The van der Waals surface area contributed by atoms with Crippen LogP contribution in [-0.2, 0) is 30.4 Å². The van der Waals surface area contributed by atoms with Gasteiger partial charge in [-0.25, -0.2) is 4.79 Å². The molecule has 0 aromatic heterocycles. The van der Waals surface area contributed by atoms with E-state index in [0.717, 1.165) is 11.1 Å². The van der Waals surface area contributed by atoms with E-state index >= 15 is 0 Å². The van der Waals surface area contributed by atoms with Crippen LogP contribution >= 0.6 is 0 Å². The highest BCUT2D eigenvalue weighted by atomic mass is 32.2. The van der Waals surface area contributed by atoms with Crippen molar-refractivity contribution < 1.29 is 22.1 Å². The molecule has 2 aromatic carbocycles. The van der Waals surface area contributed by atoms with Crippen LogP contribution in [0.5, 0.6) is 0 Å². The molecule has 23 heavy (non-hydrogen) atoms. The Morgan fingerprint density at radius 3 is 2.26 bits per heavy atom. The molecular formula is C17H18O5S. The van der Waals surface area contributed by atoms with Crippen molar-refractivity contribution in [2.45, 2.75) is 31.5 Å². The number of esters is 1. The van der Waals surface area contributed by atoms with E-state index in [1.807, 2.05) is 37.3 Å². The zero-order valence-electron chi connectivity index (χ0n) is 12.9. The van der Waals surface area contributed by atoms with E-state index in [2.05, 4.69) is 0 Å². The summed E-state index contributed by atoms with van der Waals surface area (Å²) >= 11 is 0.